The molecule has 7 heteroatoms. The van der Waals surface area contributed by atoms with Crippen LogP contribution in [0.3, 0.4) is 0 Å². The summed E-state index contributed by atoms with van der Waals surface area (Å²) in [6.07, 6.45) is 5.76. The maximum atomic E-state index is 10.9. The Balaban J connectivity index is 1.44. The summed E-state index contributed by atoms with van der Waals surface area (Å²) in [5.74, 6) is 1.08. The third kappa shape index (κ3) is 5.34. The van der Waals surface area contributed by atoms with Crippen molar-refractivity contribution in [1.29, 1.82) is 0 Å². The highest BCUT2D eigenvalue weighted by Crippen LogP contribution is 2.24. The van der Waals surface area contributed by atoms with E-state index in [1.165, 1.54) is 10.9 Å². The quantitative estimate of drug-likeness (QED) is 0.439. The fourth-order valence-electron chi connectivity index (χ4n) is 4.42. The molecular weight excluding hydrogens is 402 g/mol. The topological polar surface area (TPSA) is 80.6 Å². The van der Waals surface area contributed by atoms with Crippen LogP contribution in [0.4, 0.5) is 6.01 Å². The number of oxazole rings is 1. The molecule has 0 bridgehead atoms. The van der Waals surface area contributed by atoms with Gasteiger partial charge in [0, 0.05) is 48.8 Å². The van der Waals surface area contributed by atoms with Crippen molar-refractivity contribution in [3.63, 3.8) is 0 Å². The number of hydrogen-bond acceptors (Lipinski definition) is 6. The molecule has 7 nitrogen and oxygen atoms in total. The third-order valence-electron chi connectivity index (χ3n) is 6.64. The molecule has 1 fully saturated rings. The maximum Gasteiger partial charge on any atom is 0.297 e. The molecule has 174 valence electrons. The number of benzene rings is 1. The number of piperazine rings is 1. The van der Waals surface area contributed by atoms with Gasteiger partial charge in [-0.15, -0.1) is 0 Å². The van der Waals surface area contributed by atoms with Crippen molar-refractivity contribution < 1.29 is 9.52 Å². The predicted octanol–water partition coefficient (Wildman–Crippen LogP) is 3.92. The van der Waals surface area contributed by atoms with Crippen LogP contribution in [0.1, 0.15) is 51.2 Å². The smallest absolute Gasteiger partial charge is 0.297 e. The number of rotatable bonds is 9. The van der Waals surface area contributed by atoms with Crippen molar-refractivity contribution in [3.05, 3.63) is 48.0 Å². The predicted molar refractivity (Wildman–Crippen MR) is 129 cm³/mol. The lowest BCUT2D eigenvalue weighted by Gasteiger charge is -2.36. The van der Waals surface area contributed by atoms with Gasteiger partial charge in [0.2, 0.25) is 0 Å². The van der Waals surface area contributed by atoms with E-state index in [-0.39, 0.29) is 6.04 Å². The van der Waals surface area contributed by atoms with Crippen molar-refractivity contribution in [3.8, 4) is 0 Å². The number of aromatic nitrogens is 2. The zero-order valence-corrected chi connectivity index (χ0v) is 19.7. The zero-order chi connectivity index (χ0) is 22.7. The molecule has 3 N–H and O–H groups in total. The van der Waals surface area contributed by atoms with Gasteiger partial charge in [-0.1, -0.05) is 32.0 Å². The molecule has 0 spiro atoms. The van der Waals surface area contributed by atoms with E-state index in [1.807, 2.05) is 6.07 Å². The van der Waals surface area contributed by atoms with E-state index >= 15 is 0 Å². The van der Waals surface area contributed by atoms with E-state index in [2.05, 4.69) is 77.3 Å². The largest absolute Gasteiger partial charge is 0.424 e. The standard InChI is InChI=1S/C25H37N5O2/c1-17(2)9-10-20(13-19-14-26-22-8-6-5-7-21(19)22)28-24(31)23-15-27-25(32-23)30-12-11-29(4)18(3)16-30/h5-8,14-15,17-18,20,24,26,28,31H,9-13,16H2,1-4H3. The first kappa shape index (κ1) is 22.8. The molecule has 4 rings (SSSR count). The molecular formula is C25H37N5O2. The van der Waals surface area contributed by atoms with E-state index in [9.17, 15) is 5.11 Å². The number of aromatic amines is 1. The van der Waals surface area contributed by atoms with E-state index in [0.29, 0.717) is 23.7 Å². The van der Waals surface area contributed by atoms with Crippen LogP contribution in [0.5, 0.6) is 0 Å². The van der Waals surface area contributed by atoms with Crippen molar-refractivity contribution >= 4 is 16.9 Å². The van der Waals surface area contributed by atoms with E-state index in [4.69, 9.17) is 4.42 Å². The number of nitrogens with one attached hydrogen (secondary N) is 2. The fourth-order valence-corrected chi connectivity index (χ4v) is 4.42. The van der Waals surface area contributed by atoms with E-state index in [1.54, 1.807) is 6.20 Å². The highest BCUT2D eigenvalue weighted by molar-refractivity contribution is 5.83. The summed E-state index contributed by atoms with van der Waals surface area (Å²) in [6, 6.07) is 9.53. The number of likely N-dealkylation sites (N-methyl/N-ethyl adjacent to an activating group) is 1. The number of anilines is 1. The van der Waals surface area contributed by atoms with Crippen LogP contribution < -0.4 is 10.2 Å². The van der Waals surface area contributed by atoms with Crippen LogP contribution in [-0.2, 0) is 6.42 Å². The highest BCUT2D eigenvalue weighted by atomic mass is 16.4. The zero-order valence-electron chi connectivity index (χ0n) is 19.7. The number of hydrogen-bond donors (Lipinski definition) is 3. The minimum Gasteiger partial charge on any atom is -0.424 e. The van der Waals surface area contributed by atoms with E-state index in [0.717, 1.165) is 44.4 Å². The van der Waals surface area contributed by atoms with Crippen LogP contribution >= 0.6 is 0 Å². The Morgan fingerprint density at radius 3 is 2.84 bits per heavy atom. The Hall–Kier alpha value is -2.35. The number of para-hydroxylation sites is 1. The first-order valence-corrected chi connectivity index (χ1v) is 11.8. The molecule has 3 aromatic rings. The van der Waals surface area contributed by atoms with Crippen LogP contribution in [0, 0.1) is 5.92 Å². The molecule has 0 aliphatic carbocycles. The Morgan fingerprint density at radius 2 is 2.06 bits per heavy atom. The van der Waals surface area contributed by atoms with E-state index < -0.39 is 6.23 Å². The number of nitrogens with zero attached hydrogens (tertiary/aromatic N) is 3. The molecule has 1 aliphatic rings. The van der Waals surface area contributed by atoms with Gasteiger partial charge in [0.1, 0.15) is 0 Å². The molecule has 1 aliphatic heterocycles. The Morgan fingerprint density at radius 1 is 1.25 bits per heavy atom. The molecule has 1 aromatic carbocycles. The second kappa shape index (κ2) is 10.1. The fraction of sp³-hybridized carbons (Fsp3) is 0.560. The Bertz CT molecular complexity index is 997. The minimum atomic E-state index is -0.886. The second-order valence-electron chi connectivity index (χ2n) is 9.62. The normalized spacial score (nSPS) is 19.7. The summed E-state index contributed by atoms with van der Waals surface area (Å²) in [5, 5.41) is 15.6. The summed E-state index contributed by atoms with van der Waals surface area (Å²) < 4.78 is 5.98. The summed E-state index contributed by atoms with van der Waals surface area (Å²) >= 11 is 0. The van der Waals surface area contributed by atoms with Crippen molar-refractivity contribution in [2.75, 3.05) is 31.6 Å². The van der Waals surface area contributed by atoms with Crippen molar-refractivity contribution in [2.24, 2.45) is 5.92 Å². The lowest BCUT2D eigenvalue weighted by Crippen LogP contribution is -2.50. The average Bonchev–Trinajstić information content (AvgIpc) is 3.42. The first-order valence-electron chi connectivity index (χ1n) is 11.8. The van der Waals surface area contributed by atoms with Crippen molar-refractivity contribution in [2.45, 2.75) is 58.3 Å². The van der Waals surface area contributed by atoms with Crippen molar-refractivity contribution in [1.82, 2.24) is 20.2 Å². The molecule has 1 saturated heterocycles. The lowest BCUT2D eigenvalue weighted by molar-refractivity contribution is 0.0967. The number of H-pyrrole nitrogens is 1. The summed E-state index contributed by atoms with van der Waals surface area (Å²) in [6.45, 7) is 9.40. The summed E-state index contributed by atoms with van der Waals surface area (Å²) in [5.41, 5.74) is 2.41. The molecule has 3 unspecified atom stereocenters. The van der Waals surface area contributed by atoms with Gasteiger partial charge in [0.05, 0.1) is 6.20 Å². The molecule has 3 atom stereocenters. The number of aliphatic hydroxyl groups excluding tert-OH is 1. The van der Waals surface area contributed by atoms with Gasteiger partial charge in [-0.25, -0.2) is 4.98 Å². The molecule has 3 heterocycles. The van der Waals surface area contributed by atoms with Crippen LogP contribution in [0.25, 0.3) is 10.9 Å². The molecule has 0 amide bonds. The second-order valence-corrected chi connectivity index (χ2v) is 9.62. The molecule has 32 heavy (non-hydrogen) atoms. The first-order chi connectivity index (χ1) is 15.4. The minimum absolute atomic E-state index is 0.129. The monoisotopic (exact) mass is 439 g/mol. The summed E-state index contributed by atoms with van der Waals surface area (Å²) in [7, 11) is 2.14. The lowest BCUT2D eigenvalue weighted by atomic mass is 9.97. The summed E-state index contributed by atoms with van der Waals surface area (Å²) in [4.78, 5) is 12.3. The maximum absolute atomic E-state index is 10.9. The highest BCUT2D eigenvalue weighted by Gasteiger charge is 2.26. The third-order valence-corrected chi connectivity index (χ3v) is 6.64. The van der Waals surface area contributed by atoms with Gasteiger partial charge >= 0.3 is 0 Å². The average molecular weight is 440 g/mol. The Kier molecular flexibility index (Phi) is 7.18. The van der Waals surface area contributed by atoms with Gasteiger partial charge in [-0.3, -0.25) is 5.32 Å². The van der Waals surface area contributed by atoms with Crippen LogP contribution in [-0.4, -0.2) is 58.7 Å². The SMILES string of the molecule is CC(C)CCC(Cc1c[nH]c2ccccc12)NC(O)c1cnc(N2CCN(C)C(C)C2)o1. The number of aliphatic hydroxyl groups is 1. The van der Waals surface area contributed by atoms with Gasteiger partial charge in [-0.05, 0) is 50.8 Å². The Labute approximate surface area is 190 Å². The number of fused-ring (bicyclic) bond motifs is 1. The molecule has 0 radical (unpaired) electrons. The van der Waals surface area contributed by atoms with Crippen LogP contribution in [0.15, 0.2) is 41.1 Å². The van der Waals surface area contributed by atoms with Gasteiger partial charge < -0.3 is 24.3 Å². The van der Waals surface area contributed by atoms with Gasteiger partial charge in [0.25, 0.3) is 6.01 Å². The van der Waals surface area contributed by atoms with Gasteiger partial charge in [-0.2, -0.15) is 0 Å². The van der Waals surface area contributed by atoms with Crippen LogP contribution in [0.2, 0.25) is 0 Å². The molecule has 2 aromatic heterocycles. The van der Waals surface area contributed by atoms with Gasteiger partial charge in [0.15, 0.2) is 12.0 Å². The molecule has 0 saturated carbocycles.